The lowest BCUT2D eigenvalue weighted by Gasteiger charge is -2.47. The summed E-state index contributed by atoms with van der Waals surface area (Å²) < 4.78 is 141. The van der Waals surface area contributed by atoms with Crippen molar-refractivity contribution >= 4 is 0 Å². The van der Waals surface area contributed by atoms with Gasteiger partial charge < -0.3 is 0 Å². The Kier molecular flexibility index (Phi) is 7.66. The van der Waals surface area contributed by atoms with E-state index in [1.54, 1.807) is 20.8 Å². The summed E-state index contributed by atoms with van der Waals surface area (Å²) in [5.74, 6) is -22.4. The third-order valence-electron chi connectivity index (χ3n) is 5.63. The van der Waals surface area contributed by atoms with Gasteiger partial charge in [-0.25, -0.2) is 17.6 Å². The molecule has 0 aromatic carbocycles. The monoisotopic (exact) mass is 434 g/mol. The van der Waals surface area contributed by atoms with Crippen LogP contribution >= 0.6 is 0 Å². The Labute approximate surface area is 159 Å². The predicted octanol–water partition coefficient (Wildman–Crippen LogP) is 8.00. The van der Waals surface area contributed by atoms with Crippen LogP contribution in [0.3, 0.4) is 0 Å². The first-order chi connectivity index (χ1) is 12.1. The lowest BCUT2D eigenvalue weighted by molar-refractivity contribution is -0.354. The van der Waals surface area contributed by atoms with Crippen molar-refractivity contribution in [2.45, 2.75) is 109 Å². The molecule has 10 heteroatoms. The zero-order chi connectivity index (χ0) is 23.0. The molecule has 0 aliphatic rings. The van der Waals surface area contributed by atoms with Crippen LogP contribution in [0.2, 0.25) is 0 Å². The van der Waals surface area contributed by atoms with Gasteiger partial charge in [0, 0.05) is 13.3 Å². The summed E-state index contributed by atoms with van der Waals surface area (Å²) in [4.78, 5) is 0. The Balaban J connectivity index is 6.02. The van der Waals surface area contributed by atoms with Gasteiger partial charge in [-0.2, -0.15) is 26.3 Å². The van der Waals surface area contributed by atoms with Crippen molar-refractivity contribution in [3.8, 4) is 0 Å². The van der Waals surface area contributed by atoms with Gasteiger partial charge in [0.25, 0.3) is 0 Å². The first kappa shape index (κ1) is 27.3. The van der Waals surface area contributed by atoms with Crippen molar-refractivity contribution in [3.63, 3.8) is 0 Å². The fourth-order valence-corrected chi connectivity index (χ4v) is 2.92. The van der Waals surface area contributed by atoms with E-state index in [0.717, 1.165) is 0 Å². The highest BCUT2D eigenvalue weighted by Gasteiger charge is 2.83. The molecule has 170 valence electrons. The van der Waals surface area contributed by atoms with Crippen LogP contribution in [0.5, 0.6) is 0 Å². The van der Waals surface area contributed by atoms with Gasteiger partial charge in [-0.05, 0) is 31.6 Å². The number of rotatable bonds is 11. The molecule has 0 N–H and O–H groups in total. The summed E-state index contributed by atoms with van der Waals surface area (Å²) in [7, 11) is 0. The first-order valence-corrected chi connectivity index (χ1v) is 8.97. The van der Waals surface area contributed by atoms with Crippen molar-refractivity contribution in [1.29, 1.82) is 0 Å². The minimum Gasteiger partial charge on any atom is -0.233 e. The summed E-state index contributed by atoms with van der Waals surface area (Å²) in [5.41, 5.74) is -11.0. The lowest BCUT2D eigenvalue weighted by atomic mass is 9.72. The van der Waals surface area contributed by atoms with E-state index in [4.69, 9.17) is 0 Å². The minimum atomic E-state index is -5.96. The van der Waals surface area contributed by atoms with Gasteiger partial charge in [0.05, 0.1) is 0 Å². The summed E-state index contributed by atoms with van der Waals surface area (Å²) in [6.45, 7) is 4.49. The van der Waals surface area contributed by atoms with Crippen LogP contribution in [0.4, 0.5) is 43.9 Å². The molecule has 0 aromatic heterocycles. The van der Waals surface area contributed by atoms with Crippen LogP contribution in [0, 0.1) is 5.41 Å². The van der Waals surface area contributed by atoms with Gasteiger partial charge >= 0.3 is 23.7 Å². The molecule has 0 heterocycles. The van der Waals surface area contributed by atoms with Gasteiger partial charge in [-0.15, -0.1) is 0 Å². The Morgan fingerprint density at radius 2 is 1.00 bits per heavy atom. The summed E-state index contributed by atoms with van der Waals surface area (Å²) in [6, 6.07) is 0. The van der Waals surface area contributed by atoms with Gasteiger partial charge in [-0.3, -0.25) is 0 Å². The average Bonchev–Trinajstić information content (AvgIpc) is 2.51. The molecule has 0 aliphatic carbocycles. The SMILES string of the molecule is CCC(C)(C)CCCC(F)(F)C(F)(F)C(F)(CC)C(C)(F)C(F)(F)C(C)(F)F. The maximum absolute atomic E-state index is 14.9. The molecule has 0 nitrogen and oxygen atoms in total. The van der Waals surface area contributed by atoms with Crippen molar-refractivity contribution < 1.29 is 43.9 Å². The zero-order valence-electron chi connectivity index (χ0n) is 16.8. The highest BCUT2D eigenvalue weighted by Crippen LogP contribution is 2.60. The molecule has 0 amide bonds. The second-order valence-corrected chi connectivity index (χ2v) is 8.27. The maximum Gasteiger partial charge on any atom is 0.346 e. The van der Waals surface area contributed by atoms with E-state index < -0.39 is 73.6 Å². The van der Waals surface area contributed by atoms with Gasteiger partial charge in [0.1, 0.15) is 0 Å². The third kappa shape index (κ3) is 4.40. The van der Waals surface area contributed by atoms with Crippen LogP contribution in [-0.4, -0.2) is 35.0 Å². The average molecular weight is 434 g/mol. The predicted molar refractivity (Wildman–Crippen MR) is 87.0 cm³/mol. The van der Waals surface area contributed by atoms with Crippen molar-refractivity contribution in [3.05, 3.63) is 0 Å². The van der Waals surface area contributed by atoms with Crippen molar-refractivity contribution in [2.24, 2.45) is 5.41 Å². The van der Waals surface area contributed by atoms with E-state index in [9.17, 15) is 43.9 Å². The molecule has 2 unspecified atom stereocenters. The van der Waals surface area contributed by atoms with E-state index in [1.165, 1.54) is 0 Å². The summed E-state index contributed by atoms with van der Waals surface area (Å²) in [5, 5.41) is 0. The first-order valence-electron chi connectivity index (χ1n) is 8.97. The van der Waals surface area contributed by atoms with E-state index in [0.29, 0.717) is 13.3 Å². The third-order valence-corrected chi connectivity index (χ3v) is 5.63. The van der Waals surface area contributed by atoms with Crippen LogP contribution in [0.1, 0.15) is 73.6 Å². The van der Waals surface area contributed by atoms with Crippen molar-refractivity contribution in [2.75, 3.05) is 0 Å². The Morgan fingerprint density at radius 1 is 0.571 bits per heavy atom. The normalized spacial score (nSPS) is 19.3. The molecule has 0 rings (SSSR count). The molecule has 0 bridgehead atoms. The van der Waals surface area contributed by atoms with E-state index in [-0.39, 0.29) is 6.42 Å². The number of halogens is 10. The number of hydrogen-bond acceptors (Lipinski definition) is 0. The molecule has 2 atom stereocenters. The molecular weight excluding hydrogens is 406 g/mol. The molecule has 0 saturated carbocycles. The van der Waals surface area contributed by atoms with Crippen LogP contribution in [-0.2, 0) is 0 Å². The smallest absolute Gasteiger partial charge is 0.233 e. The second-order valence-electron chi connectivity index (χ2n) is 8.27. The van der Waals surface area contributed by atoms with E-state index in [2.05, 4.69) is 0 Å². The summed E-state index contributed by atoms with van der Waals surface area (Å²) in [6.07, 6.45) is -3.44. The molecule has 0 radical (unpaired) electrons. The molecular formula is C18H28F10. The molecule has 0 fully saturated rings. The van der Waals surface area contributed by atoms with Gasteiger partial charge in [-0.1, -0.05) is 34.1 Å². The fourth-order valence-electron chi connectivity index (χ4n) is 2.92. The fraction of sp³-hybridized carbons (Fsp3) is 1.00. The maximum atomic E-state index is 14.9. The molecule has 28 heavy (non-hydrogen) atoms. The van der Waals surface area contributed by atoms with E-state index >= 15 is 0 Å². The number of hydrogen-bond donors (Lipinski definition) is 0. The lowest BCUT2D eigenvalue weighted by Crippen LogP contribution is -2.72. The minimum absolute atomic E-state index is 0.0384. The molecule has 0 aliphatic heterocycles. The summed E-state index contributed by atoms with van der Waals surface area (Å²) >= 11 is 0. The molecule has 0 spiro atoms. The largest absolute Gasteiger partial charge is 0.346 e. The highest BCUT2D eigenvalue weighted by atomic mass is 19.3. The Bertz CT molecular complexity index is 519. The van der Waals surface area contributed by atoms with Crippen LogP contribution in [0.25, 0.3) is 0 Å². The standard InChI is InChI=1S/C18H28F10/c1-7-12(3,4)10-9-11-16(23,24)18(27,28)15(22,8-2)13(5,19)17(25,26)14(6,20)21/h7-11H2,1-6H3. The van der Waals surface area contributed by atoms with Gasteiger partial charge in [0.15, 0.2) is 0 Å². The Morgan fingerprint density at radius 3 is 1.32 bits per heavy atom. The Hall–Kier alpha value is -0.700. The zero-order valence-corrected chi connectivity index (χ0v) is 16.8. The highest BCUT2D eigenvalue weighted by molar-refractivity contribution is 5.17. The second kappa shape index (κ2) is 7.85. The molecule has 0 saturated heterocycles. The topological polar surface area (TPSA) is 0 Å². The van der Waals surface area contributed by atoms with Crippen LogP contribution in [0.15, 0.2) is 0 Å². The van der Waals surface area contributed by atoms with Crippen LogP contribution < -0.4 is 0 Å². The molecule has 0 aromatic rings. The van der Waals surface area contributed by atoms with Gasteiger partial charge in [0.2, 0.25) is 11.3 Å². The van der Waals surface area contributed by atoms with E-state index in [1.807, 2.05) is 0 Å². The van der Waals surface area contributed by atoms with Crippen molar-refractivity contribution in [1.82, 2.24) is 0 Å². The quantitative estimate of drug-likeness (QED) is 0.289. The number of alkyl halides is 10.